The molecule has 0 spiro atoms. The second-order valence-corrected chi connectivity index (χ2v) is 3.82. The Kier molecular flexibility index (Phi) is 4.91. The predicted molar refractivity (Wildman–Crippen MR) is 58.1 cm³/mol. The summed E-state index contributed by atoms with van der Waals surface area (Å²) in [5.74, 6) is 0.464. The molecule has 0 bridgehead atoms. The first kappa shape index (κ1) is 11.5. The van der Waals surface area contributed by atoms with Gasteiger partial charge in [-0.25, -0.2) is 0 Å². The molecular weight excluding hydrogens is 176 g/mol. The first-order valence-electron chi connectivity index (χ1n) is 5.31. The highest BCUT2D eigenvalue weighted by molar-refractivity contribution is 4.89. The Hall–Kier alpha value is -0.600. The highest BCUT2D eigenvalue weighted by atomic mass is 16.5. The summed E-state index contributed by atoms with van der Waals surface area (Å²) in [5.41, 5.74) is 0. The highest BCUT2D eigenvalue weighted by Crippen LogP contribution is 2.27. The van der Waals surface area contributed by atoms with Gasteiger partial charge in [0.05, 0.1) is 18.8 Å². The fourth-order valence-corrected chi connectivity index (χ4v) is 1.83. The van der Waals surface area contributed by atoms with Crippen LogP contribution in [0, 0.1) is 5.92 Å². The van der Waals surface area contributed by atoms with Crippen LogP contribution in [0.4, 0.5) is 0 Å². The molecule has 2 heteroatoms. The van der Waals surface area contributed by atoms with E-state index in [0.717, 1.165) is 19.3 Å². The van der Waals surface area contributed by atoms with Crippen molar-refractivity contribution in [1.82, 2.24) is 0 Å². The average molecular weight is 196 g/mol. The summed E-state index contributed by atoms with van der Waals surface area (Å²) in [6, 6.07) is 0. The fraction of sp³-hybridized carbons (Fsp3) is 0.667. The molecule has 3 atom stereocenters. The summed E-state index contributed by atoms with van der Waals surface area (Å²) in [5, 5.41) is 9.77. The second-order valence-electron chi connectivity index (χ2n) is 3.82. The number of aliphatic hydroxyl groups is 1. The maximum Gasteiger partial charge on any atom is 0.0838 e. The van der Waals surface area contributed by atoms with E-state index in [4.69, 9.17) is 4.74 Å². The van der Waals surface area contributed by atoms with Gasteiger partial charge in [-0.2, -0.15) is 0 Å². The lowest BCUT2D eigenvalue weighted by atomic mass is 9.85. The zero-order chi connectivity index (χ0) is 10.4. The van der Waals surface area contributed by atoms with Crippen molar-refractivity contribution in [3.63, 3.8) is 0 Å². The Morgan fingerprint density at radius 3 is 2.86 bits per heavy atom. The zero-order valence-electron chi connectivity index (χ0n) is 8.86. The molecule has 0 aliphatic heterocycles. The number of rotatable bonds is 4. The minimum Gasteiger partial charge on any atom is -0.390 e. The van der Waals surface area contributed by atoms with Crippen LogP contribution in [-0.4, -0.2) is 23.9 Å². The minimum atomic E-state index is -0.322. The fourth-order valence-electron chi connectivity index (χ4n) is 1.83. The van der Waals surface area contributed by atoms with Gasteiger partial charge in [-0.1, -0.05) is 18.2 Å². The van der Waals surface area contributed by atoms with Gasteiger partial charge < -0.3 is 9.84 Å². The van der Waals surface area contributed by atoms with Gasteiger partial charge in [0.15, 0.2) is 0 Å². The van der Waals surface area contributed by atoms with Gasteiger partial charge in [-0.3, -0.25) is 0 Å². The zero-order valence-corrected chi connectivity index (χ0v) is 8.86. The van der Waals surface area contributed by atoms with Gasteiger partial charge in [-0.05, 0) is 32.1 Å². The van der Waals surface area contributed by atoms with E-state index < -0.39 is 0 Å². The molecule has 1 rings (SSSR count). The van der Waals surface area contributed by atoms with Crippen molar-refractivity contribution in [2.24, 2.45) is 5.92 Å². The van der Waals surface area contributed by atoms with Crippen LogP contribution >= 0.6 is 0 Å². The van der Waals surface area contributed by atoms with E-state index in [1.807, 2.05) is 25.2 Å². The van der Waals surface area contributed by atoms with Crippen molar-refractivity contribution in [3.05, 3.63) is 24.8 Å². The molecule has 1 fully saturated rings. The molecule has 0 aromatic heterocycles. The quantitative estimate of drug-likeness (QED) is 0.699. The lowest BCUT2D eigenvalue weighted by Crippen LogP contribution is -2.35. The van der Waals surface area contributed by atoms with E-state index in [0.29, 0.717) is 12.5 Å². The standard InChI is InChI=1S/C12H20O2/c1-3-5-8-14-12-7-6-10(4-2)9-11(12)13/h3-5,10-13H,2,6-9H2,1H3/b5-3+. The van der Waals surface area contributed by atoms with Crippen LogP contribution in [-0.2, 0) is 4.74 Å². The van der Waals surface area contributed by atoms with Crippen molar-refractivity contribution in [3.8, 4) is 0 Å². The minimum absolute atomic E-state index is 0.0161. The third-order valence-electron chi connectivity index (χ3n) is 2.77. The molecule has 0 amide bonds. The first-order valence-corrected chi connectivity index (χ1v) is 5.31. The van der Waals surface area contributed by atoms with Gasteiger partial charge in [-0.15, -0.1) is 6.58 Å². The van der Waals surface area contributed by atoms with Crippen LogP contribution in [0.2, 0.25) is 0 Å². The number of aliphatic hydroxyl groups excluding tert-OH is 1. The molecule has 0 aromatic rings. The van der Waals surface area contributed by atoms with Gasteiger partial charge in [0.1, 0.15) is 0 Å². The molecule has 14 heavy (non-hydrogen) atoms. The number of hydrogen-bond acceptors (Lipinski definition) is 2. The molecular formula is C12H20O2. The Balaban J connectivity index is 2.30. The summed E-state index contributed by atoms with van der Waals surface area (Å²) < 4.78 is 5.56. The maximum absolute atomic E-state index is 9.77. The molecule has 3 unspecified atom stereocenters. The van der Waals surface area contributed by atoms with E-state index in [9.17, 15) is 5.11 Å². The van der Waals surface area contributed by atoms with Crippen LogP contribution < -0.4 is 0 Å². The molecule has 1 aliphatic carbocycles. The topological polar surface area (TPSA) is 29.5 Å². The maximum atomic E-state index is 9.77. The largest absolute Gasteiger partial charge is 0.390 e. The van der Waals surface area contributed by atoms with E-state index in [-0.39, 0.29) is 12.2 Å². The number of allylic oxidation sites excluding steroid dienone is 2. The van der Waals surface area contributed by atoms with Crippen molar-refractivity contribution < 1.29 is 9.84 Å². The number of hydrogen-bond donors (Lipinski definition) is 1. The average Bonchev–Trinajstić information content (AvgIpc) is 2.20. The van der Waals surface area contributed by atoms with E-state index in [2.05, 4.69) is 6.58 Å². The molecule has 1 aliphatic rings. The highest BCUT2D eigenvalue weighted by Gasteiger charge is 2.27. The number of ether oxygens (including phenoxy) is 1. The first-order chi connectivity index (χ1) is 6.77. The van der Waals surface area contributed by atoms with Gasteiger partial charge in [0.25, 0.3) is 0 Å². The summed E-state index contributed by atoms with van der Waals surface area (Å²) in [6.45, 7) is 6.33. The molecule has 0 aromatic carbocycles. The van der Waals surface area contributed by atoms with Gasteiger partial charge >= 0.3 is 0 Å². The van der Waals surface area contributed by atoms with Crippen LogP contribution in [0.1, 0.15) is 26.2 Å². The lowest BCUT2D eigenvalue weighted by Gasteiger charge is -2.31. The Bertz CT molecular complexity index is 198. The SMILES string of the molecule is C=CC1CCC(OC/C=C/C)C(O)C1. The predicted octanol–water partition coefficient (Wildman–Crippen LogP) is 2.29. The van der Waals surface area contributed by atoms with Gasteiger partial charge in [0, 0.05) is 0 Å². The molecule has 1 saturated carbocycles. The summed E-state index contributed by atoms with van der Waals surface area (Å²) in [4.78, 5) is 0. The van der Waals surface area contributed by atoms with E-state index >= 15 is 0 Å². The smallest absolute Gasteiger partial charge is 0.0838 e. The summed E-state index contributed by atoms with van der Waals surface area (Å²) in [6.07, 6.45) is 8.37. The van der Waals surface area contributed by atoms with Crippen LogP contribution in [0.3, 0.4) is 0 Å². The van der Waals surface area contributed by atoms with Crippen LogP contribution in [0.25, 0.3) is 0 Å². The lowest BCUT2D eigenvalue weighted by molar-refractivity contribution is -0.0567. The Morgan fingerprint density at radius 1 is 1.50 bits per heavy atom. The van der Waals surface area contributed by atoms with E-state index in [1.165, 1.54) is 0 Å². The third-order valence-corrected chi connectivity index (χ3v) is 2.77. The van der Waals surface area contributed by atoms with Gasteiger partial charge in [0.2, 0.25) is 0 Å². The summed E-state index contributed by atoms with van der Waals surface area (Å²) >= 11 is 0. The molecule has 80 valence electrons. The van der Waals surface area contributed by atoms with Crippen molar-refractivity contribution in [2.75, 3.05) is 6.61 Å². The van der Waals surface area contributed by atoms with Crippen molar-refractivity contribution >= 4 is 0 Å². The Morgan fingerprint density at radius 2 is 2.29 bits per heavy atom. The molecule has 1 N–H and O–H groups in total. The molecule has 0 radical (unpaired) electrons. The summed E-state index contributed by atoms with van der Waals surface area (Å²) in [7, 11) is 0. The normalized spacial score (nSPS) is 33.4. The third kappa shape index (κ3) is 3.28. The van der Waals surface area contributed by atoms with Crippen LogP contribution in [0.5, 0.6) is 0 Å². The second kappa shape index (κ2) is 5.99. The molecule has 0 heterocycles. The molecule has 2 nitrogen and oxygen atoms in total. The monoisotopic (exact) mass is 196 g/mol. The van der Waals surface area contributed by atoms with Crippen molar-refractivity contribution in [1.29, 1.82) is 0 Å². The van der Waals surface area contributed by atoms with Crippen molar-refractivity contribution in [2.45, 2.75) is 38.4 Å². The van der Waals surface area contributed by atoms with Crippen LogP contribution in [0.15, 0.2) is 24.8 Å². The molecule has 0 saturated heterocycles. The van der Waals surface area contributed by atoms with E-state index in [1.54, 1.807) is 0 Å². The Labute approximate surface area is 86.3 Å².